The van der Waals surface area contributed by atoms with Crippen molar-refractivity contribution in [3.8, 4) is 17.1 Å². The number of para-hydroxylation sites is 1. The second-order valence-corrected chi connectivity index (χ2v) is 9.77. The van der Waals surface area contributed by atoms with E-state index in [1.807, 2.05) is 37.3 Å². The van der Waals surface area contributed by atoms with Gasteiger partial charge in [0.25, 0.3) is 5.91 Å². The molecule has 6 rings (SSSR count). The molecule has 38 heavy (non-hydrogen) atoms. The fraction of sp³-hybridized carbons (Fsp3) is 0.172. The van der Waals surface area contributed by atoms with Gasteiger partial charge in [-0.05, 0) is 73.7 Å². The highest BCUT2D eigenvalue weighted by molar-refractivity contribution is 6.35. The van der Waals surface area contributed by atoms with Crippen LogP contribution < -0.4 is 14.7 Å². The molecular formula is C29H22Cl2N2O5. The summed E-state index contributed by atoms with van der Waals surface area (Å²) in [4.78, 5) is 34.7. The molecule has 0 N–H and O–H groups in total. The summed E-state index contributed by atoms with van der Waals surface area (Å²) in [6, 6.07) is 24.1. The van der Waals surface area contributed by atoms with Crippen molar-refractivity contribution in [2.45, 2.75) is 19.1 Å². The van der Waals surface area contributed by atoms with Crippen LogP contribution in [0.4, 0.5) is 11.4 Å². The van der Waals surface area contributed by atoms with Gasteiger partial charge < -0.3 is 9.15 Å². The molecule has 2 aliphatic heterocycles. The van der Waals surface area contributed by atoms with Crippen LogP contribution in [0.5, 0.6) is 5.75 Å². The van der Waals surface area contributed by atoms with Gasteiger partial charge in [0.05, 0.1) is 23.0 Å². The molecule has 192 valence electrons. The fourth-order valence-corrected chi connectivity index (χ4v) is 5.34. The number of hydrogen-bond acceptors (Lipinski definition) is 6. The first kappa shape index (κ1) is 24.6. The number of carbonyl (C=O) groups is 2. The number of furan rings is 1. The van der Waals surface area contributed by atoms with Crippen molar-refractivity contribution in [2.75, 3.05) is 16.6 Å². The van der Waals surface area contributed by atoms with Crippen molar-refractivity contribution >= 4 is 46.4 Å². The summed E-state index contributed by atoms with van der Waals surface area (Å²) in [6.45, 7) is 2.40. The standard InChI is InChI=1S/C29H22Cl2N2O5/c1-2-36-20-11-9-18(10-12-20)32-28(34)25-26(33(38-27(25)29(32)35)19-6-4-3-5-7-19)24-15-14-23(37-24)21-16-17(30)8-13-22(21)31/h3-16,25-27H,2H2,1H3/t25-,26+,27+/m0/s1. The lowest BCUT2D eigenvalue weighted by atomic mass is 9.94. The van der Waals surface area contributed by atoms with Gasteiger partial charge in [-0.15, -0.1) is 0 Å². The second kappa shape index (κ2) is 9.83. The number of ether oxygens (including phenoxy) is 1. The van der Waals surface area contributed by atoms with Gasteiger partial charge in [0.1, 0.15) is 29.2 Å². The van der Waals surface area contributed by atoms with Gasteiger partial charge in [-0.1, -0.05) is 41.4 Å². The summed E-state index contributed by atoms with van der Waals surface area (Å²) in [5.74, 6) is -0.0272. The van der Waals surface area contributed by atoms with E-state index in [0.29, 0.717) is 50.9 Å². The average Bonchev–Trinajstić information content (AvgIpc) is 3.62. The van der Waals surface area contributed by atoms with Crippen LogP contribution in [0.15, 0.2) is 89.3 Å². The number of hydrogen-bond donors (Lipinski definition) is 0. The number of hydroxylamine groups is 1. The molecule has 0 unspecified atom stereocenters. The lowest BCUT2D eigenvalue weighted by Crippen LogP contribution is -2.37. The summed E-state index contributed by atoms with van der Waals surface area (Å²) < 4.78 is 11.7. The van der Waals surface area contributed by atoms with Crippen molar-refractivity contribution in [2.24, 2.45) is 5.92 Å². The van der Waals surface area contributed by atoms with E-state index < -0.39 is 24.0 Å². The van der Waals surface area contributed by atoms with Crippen molar-refractivity contribution in [1.82, 2.24) is 0 Å². The summed E-state index contributed by atoms with van der Waals surface area (Å²) in [7, 11) is 0. The van der Waals surface area contributed by atoms with Gasteiger partial charge >= 0.3 is 0 Å². The quantitative estimate of drug-likeness (QED) is 0.249. The molecule has 0 aliphatic carbocycles. The molecule has 1 aromatic heterocycles. The van der Waals surface area contributed by atoms with Crippen LogP contribution >= 0.6 is 23.2 Å². The Hall–Kier alpha value is -3.78. The number of carbonyl (C=O) groups excluding carboxylic acids is 2. The van der Waals surface area contributed by atoms with Gasteiger partial charge in [-0.2, -0.15) is 0 Å². The number of halogens is 2. The van der Waals surface area contributed by atoms with E-state index >= 15 is 0 Å². The topological polar surface area (TPSA) is 72.2 Å². The molecule has 0 bridgehead atoms. The highest BCUT2D eigenvalue weighted by Gasteiger charge is 2.61. The Bertz CT molecular complexity index is 1510. The Balaban J connectivity index is 1.39. The highest BCUT2D eigenvalue weighted by Crippen LogP contribution is 2.48. The van der Waals surface area contributed by atoms with Crippen LogP contribution in [-0.2, 0) is 14.4 Å². The molecule has 0 radical (unpaired) electrons. The van der Waals surface area contributed by atoms with Gasteiger partial charge in [-0.3, -0.25) is 14.4 Å². The van der Waals surface area contributed by atoms with Crippen LogP contribution in [0.25, 0.3) is 11.3 Å². The number of imide groups is 1. The number of nitrogens with zero attached hydrogens (tertiary/aromatic N) is 2. The third kappa shape index (κ3) is 4.13. The number of rotatable bonds is 6. The molecule has 7 nitrogen and oxygen atoms in total. The molecule has 2 amide bonds. The lowest BCUT2D eigenvalue weighted by molar-refractivity contribution is -0.126. The second-order valence-electron chi connectivity index (χ2n) is 8.92. The molecule has 2 aliphatic rings. The Labute approximate surface area is 229 Å². The normalized spacial score (nSPS) is 20.8. The van der Waals surface area contributed by atoms with Gasteiger partial charge in [-0.25, -0.2) is 9.96 Å². The molecular weight excluding hydrogens is 527 g/mol. The van der Waals surface area contributed by atoms with E-state index in [1.54, 1.807) is 59.7 Å². The van der Waals surface area contributed by atoms with Gasteiger partial charge in [0.15, 0.2) is 6.10 Å². The maximum Gasteiger partial charge on any atom is 0.266 e. The monoisotopic (exact) mass is 548 g/mol. The number of anilines is 2. The van der Waals surface area contributed by atoms with Crippen LogP contribution in [0.2, 0.25) is 10.0 Å². The fourth-order valence-electron chi connectivity index (χ4n) is 4.96. The highest BCUT2D eigenvalue weighted by atomic mass is 35.5. The molecule has 9 heteroatoms. The minimum absolute atomic E-state index is 0.369. The van der Waals surface area contributed by atoms with Crippen LogP contribution in [0.3, 0.4) is 0 Å². The van der Waals surface area contributed by atoms with Crippen molar-refractivity contribution in [1.29, 1.82) is 0 Å². The van der Waals surface area contributed by atoms with Crippen molar-refractivity contribution in [3.05, 3.63) is 101 Å². The van der Waals surface area contributed by atoms with E-state index in [0.717, 1.165) is 0 Å². The first-order valence-electron chi connectivity index (χ1n) is 12.1. The largest absolute Gasteiger partial charge is 0.494 e. The Morgan fingerprint density at radius 3 is 2.37 bits per heavy atom. The maximum atomic E-state index is 13.8. The van der Waals surface area contributed by atoms with Gasteiger partial charge in [0, 0.05) is 10.6 Å². The van der Waals surface area contributed by atoms with E-state index in [2.05, 4.69) is 0 Å². The smallest absolute Gasteiger partial charge is 0.266 e. The summed E-state index contributed by atoms with van der Waals surface area (Å²) >= 11 is 12.6. The molecule has 3 heterocycles. The Morgan fingerprint density at radius 1 is 0.868 bits per heavy atom. The first-order chi connectivity index (χ1) is 18.5. The molecule has 3 aromatic carbocycles. The molecule has 3 atom stereocenters. The summed E-state index contributed by atoms with van der Waals surface area (Å²) in [5.41, 5.74) is 1.77. The zero-order chi connectivity index (χ0) is 26.4. The van der Waals surface area contributed by atoms with E-state index in [-0.39, 0.29) is 5.91 Å². The zero-order valence-electron chi connectivity index (χ0n) is 20.2. The van der Waals surface area contributed by atoms with E-state index in [9.17, 15) is 9.59 Å². The van der Waals surface area contributed by atoms with Crippen molar-refractivity contribution in [3.63, 3.8) is 0 Å². The Kier molecular flexibility index (Phi) is 6.35. The average molecular weight is 549 g/mol. The molecule has 0 saturated carbocycles. The minimum atomic E-state index is -1.01. The third-order valence-corrected chi connectivity index (χ3v) is 7.21. The molecule has 2 saturated heterocycles. The number of benzene rings is 3. The predicted molar refractivity (Wildman–Crippen MR) is 144 cm³/mol. The van der Waals surface area contributed by atoms with Gasteiger partial charge in [0.2, 0.25) is 5.91 Å². The summed E-state index contributed by atoms with van der Waals surface area (Å²) in [5, 5.41) is 2.58. The minimum Gasteiger partial charge on any atom is -0.494 e. The maximum absolute atomic E-state index is 13.8. The third-order valence-electron chi connectivity index (χ3n) is 6.64. The summed E-state index contributed by atoms with van der Waals surface area (Å²) in [6.07, 6.45) is -1.01. The molecule has 4 aromatic rings. The van der Waals surface area contributed by atoms with Crippen LogP contribution in [0.1, 0.15) is 18.7 Å². The van der Waals surface area contributed by atoms with E-state index in [1.165, 1.54) is 4.90 Å². The zero-order valence-corrected chi connectivity index (χ0v) is 21.7. The number of amides is 2. The lowest BCUT2D eigenvalue weighted by Gasteiger charge is -2.27. The molecule has 2 fully saturated rings. The molecule has 0 spiro atoms. The van der Waals surface area contributed by atoms with Crippen LogP contribution in [-0.4, -0.2) is 24.5 Å². The van der Waals surface area contributed by atoms with Crippen molar-refractivity contribution < 1.29 is 23.6 Å². The number of fused-ring (bicyclic) bond motifs is 1. The first-order valence-corrected chi connectivity index (χ1v) is 12.9. The SMILES string of the molecule is CCOc1ccc(N2C(=O)[C@H]3[C@@H](c4ccc(-c5cc(Cl)ccc5Cl)o4)N(c4ccccc4)O[C@H]3C2=O)cc1. The Morgan fingerprint density at radius 2 is 1.63 bits per heavy atom. The van der Waals surface area contributed by atoms with Crippen LogP contribution in [0, 0.1) is 5.92 Å². The van der Waals surface area contributed by atoms with E-state index in [4.69, 9.17) is 37.2 Å². The predicted octanol–water partition coefficient (Wildman–Crippen LogP) is 6.70.